The Bertz CT molecular complexity index is 251. The smallest absolute Gasteiger partial charge is 0.0149 e. The van der Waals surface area contributed by atoms with Crippen molar-refractivity contribution in [1.29, 1.82) is 0 Å². The quantitative estimate of drug-likeness (QED) is 0.332. The maximum atomic E-state index is 6.36. The molecule has 1 aliphatic rings. The van der Waals surface area contributed by atoms with Crippen molar-refractivity contribution in [2.24, 2.45) is 11.7 Å². The molecule has 0 saturated heterocycles. The van der Waals surface area contributed by atoms with E-state index in [2.05, 4.69) is 13.8 Å². The maximum absolute atomic E-state index is 6.36. The van der Waals surface area contributed by atoms with Crippen molar-refractivity contribution in [1.82, 2.24) is 0 Å². The zero-order chi connectivity index (χ0) is 16.8. The Labute approximate surface area is 147 Å². The summed E-state index contributed by atoms with van der Waals surface area (Å²) < 4.78 is 0. The molecule has 138 valence electrons. The SMILES string of the molecule is CCC(N)(CC)CCCCCCCCCCCC1CCCCC1. The Morgan fingerprint density at radius 2 is 1.17 bits per heavy atom. The van der Waals surface area contributed by atoms with Crippen molar-refractivity contribution in [3.05, 3.63) is 0 Å². The first-order valence-corrected chi connectivity index (χ1v) is 11.0. The minimum Gasteiger partial charge on any atom is -0.325 e. The highest BCUT2D eigenvalue weighted by atomic mass is 14.7. The van der Waals surface area contributed by atoms with Crippen molar-refractivity contribution >= 4 is 0 Å². The summed E-state index contributed by atoms with van der Waals surface area (Å²) in [7, 11) is 0. The van der Waals surface area contributed by atoms with Crippen LogP contribution < -0.4 is 5.73 Å². The molecule has 1 rings (SSSR count). The van der Waals surface area contributed by atoms with Gasteiger partial charge in [-0.25, -0.2) is 0 Å². The minimum absolute atomic E-state index is 0.123. The van der Waals surface area contributed by atoms with E-state index in [1.807, 2.05) is 0 Å². The molecule has 1 nitrogen and oxygen atoms in total. The highest BCUT2D eigenvalue weighted by Gasteiger charge is 2.18. The third-order valence-electron chi connectivity index (χ3n) is 6.42. The van der Waals surface area contributed by atoms with E-state index >= 15 is 0 Å². The Morgan fingerprint density at radius 3 is 1.70 bits per heavy atom. The van der Waals surface area contributed by atoms with E-state index in [0.717, 1.165) is 18.8 Å². The van der Waals surface area contributed by atoms with Crippen molar-refractivity contribution in [2.45, 2.75) is 135 Å². The van der Waals surface area contributed by atoms with Gasteiger partial charge >= 0.3 is 0 Å². The zero-order valence-corrected chi connectivity index (χ0v) is 16.4. The molecule has 0 aromatic rings. The topological polar surface area (TPSA) is 26.0 Å². The summed E-state index contributed by atoms with van der Waals surface area (Å²) in [5.41, 5.74) is 6.48. The van der Waals surface area contributed by atoms with E-state index in [1.165, 1.54) is 103 Å². The van der Waals surface area contributed by atoms with Gasteiger partial charge in [0.15, 0.2) is 0 Å². The van der Waals surface area contributed by atoms with Crippen LogP contribution in [0.1, 0.15) is 129 Å². The lowest BCUT2D eigenvalue weighted by atomic mass is 9.85. The van der Waals surface area contributed by atoms with E-state index in [1.54, 1.807) is 0 Å². The molecule has 23 heavy (non-hydrogen) atoms. The predicted octanol–water partition coefficient (Wildman–Crippen LogP) is 7.38. The molecular weight excluding hydrogens is 278 g/mol. The largest absolute Gasteiger partial charge is 0.325 e. The lowest BCUT2D eigenvalue weighted by Crippen LogP contribution is -2.38. The van der Waals surface area contributed by atoms with Crippen LogP contribution in [0.5, 0.6) is 0 Å². The fourth-order valence-corrected chi connectivity index (χ4v) is 4.23. The summed E-state index contributed by atoms with van der Waals surface area (Å²) in [5, 5.41) is 0. The Kier molecular flexibility index (Phi) is 12.1. The molecule has 0 heterocycles. The molecule has 0 aliphatic heterocycles. The van der Waals surface area contributed by atoms with Gasteiger partial charge in [0.05, 0.1) is 0 Å². The van der Waals surface area contributed by atoms with E-state index in [-0.39, 0.29) is 5.54 Å². The van der Waals surface area contributed by atoms with Crippen LogP contribution in [0.4, 0.5) is 0 Å². The molecule has 0 spiro atoms. The molecule has 0 radical (unpaired) electrons. The predicted molar refractivity (Wildman–Crippen MR) is 105 cm³/mol. The van der Waals surface area contributed by atoms with Gasteiger partial charge in [-0.05, 0) is 25.2 Å². The average molecular weight is 324 g/mol. The monoisotopic (exact) mass is 323 g/mol. The van der Waals surface area contributed by atoms with Crippen LogP contribution in [0.2, 0.25) is 0 Å². The number of unbranched alkanes of at least 4 members (excludes halogenated alkanes) is 8. The molecule has 0 aromatic carbocycles. The molecule has 0 bridgehead atoms. The van der Waals surface area contributed by atoms with Gasteiger partial charge in [-0.2, -0.15) is 0 Å². The van der Waals surface area contributed by atoms with Crippen LogP contribution in [-0.4, -0.2) is 5.54 Å². The summed E-state index contributed by atoms with van der Waals surface area (Å²) in [6.07, 6.45) is 25.5. The van der Waals surface area contributed by atoms with E-state index < -0.39 is 0 Å². The van der Waals surface area contributed by atoms with Crippen LogP contribution in [-0.2, 0) is 0 Å². The molecular formula is C22H45N. The first-order chi connectivity index (χ1) is 11.2. The molecule has 1 fully saturated rings. The third kappa shape index (κ3) is 10.4. The van der Waals surface area contributed by atoms with Crippen LogP contribution in [0.25, 0.3) is 0 Å². The van der Waals surface area contributed by atoms with Crippen molar-refractivity contribution in [3.8, 4) is 0 Å². The van der Waals surface area contributed by atoms with Gasteiger partial charge in [-0.15, -0.1) is 0 Å². The highest BCUT2D eigenvalue weighted by molar-refractivity contribution is 4.80. The van der Waals surface area contributed by atoms with Gasteiger partial charge in [0.2, 0.25) is 0 Å². The second-order valence-corrected chi connectivity index (χ2v) is 8.29. The lowest BCUT2D eigenvalue weighted by molar-refractivity contribution is 0.327. The Balaban J connectivity index is 1.79. The first kappa shape index (κ1) is 21.0. The number of rotatable bonds is 14. The van der Waals surface area contributed by atoms with Crippen LogP contribution >= 0.6 is 0 Å². The maximum Gasteiger partial charge on any atom is 0.0149 e. The lowest BCUT2D eigenvalue weighted by Gasteiger charge is -2.26. The zero-order valence-electron chi connectivity index (χ0n) is 16.4. The number of hydrogen-bond donors (Lipinski definition) is 1. The summed E-state index contributed by atoms with van der Waals surface area (Å²) >= 11 is 0. The molecule has 0 atom stereocenters. The molecule has 1 saturated carbocycles. The summed E-state index contributed by atoms with van der Waals surface area (Å²) in [5.74, 6) is 1.09. The second-order valence-electron chi connectivity index (χ2n) is 8.29. The number of nitrogens with two attached hydrogens (primary N) is 1. The van der Waals surface area contributed by atoms with Gasteiger partial charge in [0.1, 0.15) is 0 Å². The van der Waals surface area contributed by atoms with Gasteiger partial charge in [0, 0.05) is 5.54 Å². The average Bonchev–Trinajstić information content (AvgIpc) is 2.60. The minimum atomic E-state index is 0.123. The molecule has 0 unspecified atom stereocenters. The van der Waals surface area contributed by atoms with Crippen LogP contribution in [0.3, 0.4) is 0 Å². The summed E-state index contributed by atoms with van der Waals surface area (Å²) in [6, 6.07) is 0. The van der Waals surface area contributed by atoms with E-state index in [0.29, 0.717) is 0 Å². The molecule has 0 aromatic heterocycles. The fraction of sp³-hybridized carbons (Fsp3) is 1.00. The standard InChI is InChI=1S/C22H45N/c1-3-22(23,4-2)20-16-11-9-7-5-6-8-10-13-17-21-18-14-12-15-19-21/h21H,3-20,23H2,1-2H3. The molecule has 1 aliphatic carbocycles. The third-order valence-corrected chi connectivity index (χ3v) is 6.42. The second kappa shape index (κ2) is 13.3. The van der Waals surface area contributed by atoms with Gasteiger partial charge in [0.25, 0.3) is 0 Å². The van der Waals surface area contributed by atoms with E-state index in [9.17, 15) is 0 Å². The normalized spacial score (nSPS) is 16.8. The summed E-state index contributed by atoms with van der Waals surface area (Å²) in [6.45, 7) is 4.47. The molecule has 2 N–H and O–H groups in total. The van der Waals surface area contributed by atoms with Crippen molar-refractivity contribution in [2.75, 3.05) is 0 Å². The fourth-order valence-electron chi connectivity index (χ4n) is 4.23. The van der Waals surface area contributed by atoms with Crippen LogP contribution in [0.15, 0.2) is 0 Å². The molecule has 1 heteroatoms. The Hall–Kier alpha value is -0.0400. The number of hydrogen-bond acceptors (Lipinski definition) is 1. The summed E-state index contributed by atoms with van der Waals surface area (Å²) in [4.78, 5) is 0. The van der Waals surface area contributed by atoms with Crippen LogP contribution in [0, 0.1) is 5.92 Å². The van der Waals surface area contributed by atoms with Gasteiger partial charge in [-0.3, -0.25) is 0 Å². The van der Waals surface area contributed by atoms with Gasteiger partial charge in [-0.1, -0.05) is 110 Å². The van der Waals surface area contributed by atoms with Crippen molar-refractivity contribution < 1.29 is 0 Å². The Morgan fingerprint density at radius 1 is 0.696 bits per heavy atom. The van der Waals surface area contributed by atoms with Crippen molar-refractivity contribution in [3.63, 3.8) is 0 Å². The highest BCUT2D eigenvalue weighted by Crippen LogP contribution is 2.28. The first-order valence-electron chi connectivity index (χ1n) is 11.0. The van der Waals surface area contributed by atoms with Gasteiger partial charge < -0.3 is 5.73 Å². The van der Waals surface area contributed by atoms with E-state index in [4.69, 9.17) is 5.73 Å². The molecule has 0 amide bonds.